The van der Waals surface area contributed by atoms with Crippen molar-refractivity contribution in [2.45, 2.75) is 0 Å². The number of nitrogens with one attached hydrogen (secondary N) is 1. The summed E-state index contributed by atoms with van der Waals surface area (Å²) in [6, 6.07) is 3.94. The molecule has 2 rings (SSSR count). The van der Waals surface area contributed by atoms with Crippen LogP contribution in [-0.2, 0) is 9.59 Å². The minimum absolute atomic E-state index is 0.0358. The summed E-state index contributed by atoms with van der Waals surface area (Å²) >= 11 is 5.69. The summed E-state index contributed by atoms with van der Waals surface area (Å²) in [5, 5.41) is 11.4. The summed E-state index contributed by atoms with van der Waals surface area (Å²) in [5.41, 5.74) is 0.209. The van der Waals surface area contributed by atoms with Crippen molar-refractivity contribution in [2.24, 2.45) is 0 Å². The second-order valence-electron chi connectivity index (χ2n) is 3.80. The zero-order valence-corrected chi connectivity index (χ0v) is 9.90. The Morgan fingerprint density at radius 2 is 1.89 bits per heavy atom. The first-order valence-electron chi connectivity index (χ1n) is 5.08. The zero-order chi connectivity index (χ0) is 13.3. The van der Waals surface area contributed by atoms with Crippen LogP contribution in [0.2, 0.25) is 5.02 Å². The maximum atomic E-state index is 12.0. The molecule has 0 unspecified atom stereocenters. The van der Waals surface area contributed by atoms with Crippen molar-refractivity contribution in [3.63, 3.8) is 0 Å². The number of nitrogens with zero attached hydrogens (tertiary/aromatic N) is 1. The molecule has 0 atom stereocenters. The van der Waals surface area contributed by atoms with Gasteiger partial charge in [0.2, 0.25) is 11.8 Å². The molecule has 7 heteroatoms. The lowest BCUT2D eigenvalue weighted by atomic mass is 10.1. The van der Waals surface area contributed by atoms with Gasteiger partial charge in [-0.3, -0.25) is 19.7 Å². The van der Waals surface area contributed by atoms with Gasteiger partial charge in [0.15, 0.2) is 0 Å². The molecule has 2 N–H and O–H groups in total. The predicted molar refractivity (Wildman–Crippen MR) is 62.2 cm³/mol. The summed E-state index contributed by atoms with van der Waals surface area (Å²) < 4.78 is 0. The molecular formula is C11H9ClN2O4. The van der Waals surface area contributed by atoms with Crippen molar-refractivity contribution in [3.8, 4) is 5.75 Å². The molecule has 1 aliphatic heterocycles. The van der Waals surface area contributed by atoms with Crippen LogP contribution in [-0.4, -0.2) is 40.8 Å². The van der Waals surface area contributed by atoms with Crippen LogP contribution in [0.5, 0.6) is 5.75 Å². The van der Waals surface area contributed by atoms with Gasteiger partial charge in [-0.05, 0) is 18.2 Å². The van der Waals surface area contributed by atoms with Crippen molar-refractivity contribution >= 4 is 29.3 Å². The third-order valence-corrected chi connectivity index (χ3v) is 2.73. The standard InChI is InChI=1S/C11H9ClN2O4/c12-7-3-6(1-2-8(7)15)11(18)14-4-9(16)13-10(17)5-14/h1-3,15H,4-5H2,(H,13,16,17). The monoisotopic (exact) mass is 268 g/mol. The lowest BCUT2D eigenvalue weighted by Gasteiger charge is -2.25. The van der Waals surface area contributed by atoms with Gasteiger partial charge in [0, 0.05) is 5.56 Å². The van der Waals surface area contributed by atoms with E-state index in [-0.39, 0.29) is 29.4 Å². The Kier molecular flexibility index (Phi) is 3.20. The highest BCUT2D eigenvalue weighted by molar-refractivity contribution is 6.32. The Bertz CT molecular complexity index is 528. The number of phenolic OH excluding ortho intramolecular Hbond substituents is 1. The number of hydrogen-bond acceptors (Lipinski definition) is 4. The molecule has 1 aromatic carbocycles. The topological polar surface area (TPSA) is 86.7 Å². The summed E-state index contributed by atoms with van der Waals surface area (Å²) in [7, 11) is 0. The number of imide groups is 1. The Hall–Kier alpha value is -2.08. The highest BCUT2D eigenvalue weighted by Crippen LogP contribution is 2.24. The van der Waals surface area contributed by atoms with Gasteiger partial charge in [-0.1, -0.05) is 11.6 Å². The molecule has 0 spiro atoms. The van der Waals surface area contributed by atoms with Gasteiger partial charge >= 0.3 is 0 Å². The van der Waals surface area contributed by atoms with Gasteiger partial charge in [0.25, 0.3) is 5.91 Å². The van der Waals surface area contributed by atoms with E-state index in [0.29, 0.717) is 0 Å². The normalized spacial score (nSPS) is 15.5. The summed E-state index contributed by atoms with van der Waals surface area (Å²) in [6.07, 6.45) is 0. The van der Waals surface area contributed by atoms with Gasteiger partial charge in [-0.2, -0.15) is 0 Å². The Morgan fingerprint density at radius 3 is 2.44 bits per heavy atom. The number of carbonyl (C=O) groups excluding carboxylic acids is 3. The molecule has 1 fully saturated rings. The minimum atomic E-state index is -0.524. The fourth-order valence-corrected chi connectivity index (χ4v) is 1.78. The molecule has 0 aliphatic carbocycles. The number of amides is 3. The van der Waals surface area contributed by atoms with E-state index in [1.807, 2.05) is 0 Å². The Morgan fingerprint density at radius 1 is 1.28 bits per heavy atom. The van der Waals surface area contributed by atoms with Crippen LogP contribution in [0.25, 0.3) is 0 Å². The van der Waals surface area contributed by atoms with Crippen LogP contribution in [0, 0.1) is 0 Å². The molecule has 1 aromatic rings. The third kappa shape index (κ3) is 2.43. The van der Waals surface area contributed by atoms with Gasteiger partial charge in [-0.15, -0.1) is 0 Å². The molecule has 18 heavy (non-hydrogen) atoms. The molecule has 1 aliphatic rings. The number of hydrogen-bond donors (Lipinski definition) is 2. The quantitative estimate of drug-likeness (QED) is 0.710. The van der Waals surface area contributed by atoms with Crippen molar-refractivity contribution in [3.05, 3.63) is 28.8 Å². The van der Waals surface area contributed by atoms with Crippen molar-refractivity contribution < 1.29 is 19.5 Å². The number of aromatic hydroxyl groups is 1. The average Bonchev–Trinajstić information content (AvgIpc) is 2.30. The highest BCUT2D eigenvalue weighted by atomic mass is 35.5. The minimum Gasteiger partial charge on any atom is -0.506 e. The molecule has 1 heterocycles. The molecule has 6 nitrogen and oxygen atoms in total. The van der Waals surface area contributed by atoms with E-state index in [2.05, 4.69) is 5.32 Å². The summed E-state index contributed by atoms with van der Waals surface area (Å²) in [6.45, 7) is -0.355. The number of rotatable bonds is 1. The van der Waals surface area contributed by atoms with Crippen molar-refractivity contribution in [2.75, 3.05) is 13.1 Å². The number of benzene rings is 1. The van der Waals surface area contributed by atoms with E-state index in [9.17, 15) is 19.5 Å². The van der Waals surface area contributed by atoms with Crippen molar-refractivity contribution in [1.82, 2.24) is 10.2 Å². The molecule has 0 saturated carbocycles. The van der Waals surface area contributed by atoms with Crippen LogP contribution in [0.3, 0.4) is 0 Å². The number of carbonyl (C=O) groups is 3. The van der Waals surface area contributed by atoms with E-state index < -0.39 is 17.7 Å². The van der Waals surface area contributed by atoms with Crippen LogP contribution in [0.1, 0.15) is 10.4 Å². The lowest BCUT2D eigenvalue weighted by molar-refractivity contribution is -0.135. The maximum absolute atomic E-state index is 12.0. The molecular weight excluding hydrogens is 260 g/mol. The second kappa shape index (κ2) is 4.66. The van der Waals surface area contributed by atoms with E-state index >= 15 is 0 Å². The van der Waals surface area contributed by atoms with Crippen LogP contribution in [0.4, 0.5) is 0 Å². The van der Waals surface area contributed by atoms with E-state index in [1.165, 1.54) is 18.2 Å². The van der Waals surface area contributed by atoms with Gasteiger partial charge in [0.1, 0.15) is 18.8 Å². The zero-order valence-electron chi connectivity index (χ0n) is 9.14. The number of piperazine rings is 1. The molecule has 1 saturated heterocycles. The molecule has 3 amide bonds. The summed E-state index contributed by atoms with van der Waals surface area (Å²) in [5.74, 6) is -1.67. The largest absolute Gasteiger partial charge is 0.506 e. The van der Waals surface area contributed by atoms with E-state index in [4.69, 9.17) is 11.6 Å². The fourth-order valence-electron chi connectivity index (χ4n) is 1.60. The fraction of sp³-hybridized carbons (Fsp3) is 0.182. The first kappa shape index (κ1) is 12.4. The maximum Gasteiger partial charge on any atom is 0.254 e. The van der Waals surface area contributed by atoms with Gasteiger partial charge in [0.05, 0.1) is 5.02 Å². The van der Waals surface area contributed by atoms with Crippen LogP contribution >= 0.6 is 11.6 Å². The van der Waals surface area contributed by atoms with E-state index in [0.717, 1.165) is 4.90 Å². The van der Waals surface area contributed by atoms with Crippen LogP contribution < -0.4 is 5.32 Å². The SMILES string of the molecule is O=C1CN(C(=O)c2ccc(O)c(Cl)c2)CC(=O)N1. The molecule has 94 valence electrons. The lowest BCUT2D eigenvalue weighted by Crippen LogP contribution is -2.53. The number of phenols is 1. The predicted octanol–water partition coefficient (Wildman–Crippen LogP) is 0.144. The molecule has 0 bridgehead atoms. The Labute approximate surface area is 107 Å². The number of halogens is 1. The molecule has 0 radical (unpaired) electrons. The first-order valence-corrected chi connectivity index (χ1v) is 5.45. The smallest absolute Gasteiger partial charge is 0.254 e. The van der Waals surface area contributed by atoms with Gasteiger partial charge in [-0.25, -0.2) is 0 Å². The average molecular weight is 269 g/mol. The van der Waals surface area contributed by atoms with Crippen LogP contribution in [0.15, 0.2) is 18.2 Å². The summed E-state index contributed by atoms with van der Waals surface area (Å²) in [4.78, 5) is 35.4. The first-order chi connectivity index (χ1) is 8.47. The van der Waals surface area contributed by atoms with Crippen molar-refractivity contribution in [1.29, 1.82) is 0 Å². The molecule has 0 aromatic heterocycles. The Balaban J connectivity index is 2.22. The van der Waals surface area contributed by atoms with Gasteiger partial charge < -0.3 is 10.0 Å². The second-order valence-corrected chi connectivity index (χ2v) is 4.21. The van der Waals surface area contributed by atoms with E-state index in [1.54, 1.807) is 0 Å². The highest BCUT2D eigenvalue weighted by Gasteiger charge is 2.27. The third-order valence-electron chi connectivity index (χ3n) is 2.43.